The van der Waals surface area contributed by atoms with Crippen LogP contribution in [0.2, 0.25) is 0 Å². The number of hydrogen-bond acceptors (Lipinski definition) is 5. The van der Waals surface area contributed by atoms with E-state index in [-0.39, 0.29) is 11.3 Å². The molecule has 6 heteroatoms. The molecular weight excluding hydrogens is 322 g/mol. The number of carboxylic acids is 1. The van der Waals surface area contributed by atoms with Gasteiger partial charge in [0, 0.05) is 38.3 Å². The lowest BCUT2D eigenvalue weighted by Gasteiger charge is -2.36. The van der Waals surface area contributed by atoms with E-state index in [4.69, 9.17) is 14.2 Å². The van der Waals surface area contributed by atoms with Crippen molar-refractivity contribution in [2.75, 3.05) is 40.0 Å². The Balaban J connectivity index is 1.74. The van der Waals surface area contributed by atoms with E-state index in [1.165, 1.54) is 0 Å². The van der Waals surface area contributed by atoms with Crippen LogP contribution >= 0.6 is 0 Å². The minimum Gasteiger partial charge on any atom is -0.493 e. The minimum absolute atomic E-state index is 0.153. The molecule has 138 valence electrons. The first-order chi connectivity index (χ1) is 12.1. The van der Waals surface area contributed by atoms with Gasteiger partial charge in [0.1, 0.15) is 0 Å². The predicted octanol–water partition coefficient (Wildman–Crippen LogP) is 2.41. The van der Waals surface area contributed by atoms with Crippen LogP contribution in [0.3, 0.4) is 0 Å². The molecule has 1 unspecified atom stereocenters. The topological polar surface area (TPSA) is 68.2 Å². The molecule has 0 bridgehead atoms. The number of hydrogen-bond donors (Lipinski definition) is 1. The second-order valence-corrected chi connectivity index (χ2v) is 6.95. The van der Waals surface area contributed by atoms with E-state index in [2.05, 4.69) is 4.90 Å². The van der Waals surface area contributed by atoms with Gasteiger partial charge in [-0.25, -0.2) is 0 Å². The van der Waals surface area contributed by atoms with Crippen LogP contribution in [0, 0.1) is 11.3 Å². The van der Waals surface area contributed by atoms with Crippen LogP contribution in [0.5, 0.6) is 11.5 Å². The van der Waals surface area contributed by atoms with Gasteiger partial charge in [-0.2, -0.15) is 0 Å². The van der Waals surface area contributed by atoms with Gasteiger partial charge in [0.15, 0.2) is 11.5 Å². The molecule has 3 rings (SSSR count). The van der Waals surface area contributed by atoms with E-state index in [0.29, 0.717) is 32.1 Å². The zero-order valence-corrected chi connectivity index (χ0v) is 15.0. The van der Waals surface area contributed by atoms with Crippen LogP contribution in [-0.2, 0) is 16.1 Å². The van der Waals surface area contributed by atoms with Gasteiger partial charge < -0.3 is 19.3 Å². The summed E-state index contributed by atoms with van der Waals surface area (Å²) in [6.45, 7) is 5.97. The Morgan fingerprint density at radius 2 is 2.12 bits per heavy atom. The maximum absolute atomic E-state index is 11.8. The molecule has 0 radical (unpaired) electrons. The second-order valence-electron chi connectivity index (χ2n) is 6.95. The second kappa shape index (κ2) is 7.62. The monoisotopic (exact) mass is 349 g/mol. The molecule has 1 aromatic rings. The molecule has 1 atom stereocenters. The lowest BCUT2D eigenvalue weighted by atomic mass is 9.72. The van der Waals surface area contributed by atoms with Crippen molar-refractivity contribution in [3.05, 3.63) is 23.8 Å². The third kappa shape index (κ3) is 3.75. The van der Waals surface area contributed by atoms with Gasteiger partial charge in [-0.05, 0) is 37.5 Å². The van der Waals surface area contributed by atoms with Crippen molar-refractivity contribution in [2.45, 2.75) is 26.3 Å². The summed E-state index contributed by atoms with van der Waals surface area (Å²) in [5.41, 5.74) is 0.952. The van der Waals surface area contributed by atoms with E-state index in [9.17, 15) is 9.90 Å². The smallest absolute Gasteiger partial charge is 0.308 e. The van der Waals surface area contributed by atoms with E-state index < -0.39 is 5.97 Å². The fourth-order valence-corrected chi connectivity index (χ4v) is 4.16. The van der Waals surface area contributed by atoms with Crippen molar-refractivity contribution >= 4 is 5.97 Å². The summed E-state index contributed by atoms with van der Waals surface area (Å²) < 4.78 is 16.4. The molecule has 0 saturated carbocycles. The lowest BCUT2D eigenvalue weighted by molar-refractivity contribution is -0.147. The van der Waals surface area contributed by atoms with Crippen LogP contribution in [0.1, 0.15) is 25.3 Å². The summed E-state index contributed by atoms with van der Waals surface area (Å²) in [6.07, 6.45) is 1.65. The Bertz CT molecular complexity index is 612. The summed E-state index contributed by atoms with van der Waals surface area (Å²) in [5, 5.41) is 9.69. The average Bonchev–Trinajstić information content (AvgIpc) is 2.94. The van der Waals surface area contributed by atoms with Crippen molar-refractivity contribution in [1.29, 1.82) is 0 Å². The first kappa shape index (κ1) is 18.0. The molecule has 0 aliphatic carbocycles. The minimum atomic E-state index is -0.686. The number of benzene rings is 1. The van der Waals surface area contributed by atoms with Gasteiger partial charge in [0.25, 0.3) is 0 Å². The first-order valence-electron chi connectivity index (χ1n) is 8.90. The fraction of sp³-hybridized carbons (Fsp3) is 0.632. The highest BCUT2D eigenvalue weighted by Gasteiger charge is 2.50. The van der Waals surface area contributed by atoms with Crippen molar-refractivity contribution in [2.24, 2.45) is 11.3 Å². The summed E-state index contributed by atoms with van der Waals surface area (Å²) in [6, 6.07) is 5.93. The third-order valence-electron chi connectivity index (χ3n) is 5.44. The number of rotatable bonds is 6. The van der Waals surface area contributed by atoms with E-state index >= 15 is 0 Å². The fourth-order valence-electron chi connectivity index (χ4n) is 4.16. The van der Waals surface area contributed by atoms with E-state index in [1.807, 2.05) is 25.1 Å². The largest absolute Gasteiger partial charge is 0.493 e. The quantitative estimate of drug-likeness (QED) is 0.851. The predicted molar refractivity (Wildman–Crippen MR) is 93.1 cm³/mol. The molecule has 2 saturated heterocycles. The standard InChI is InChI=1S/C19H27NO5/c1-3-25-16-5-4-14(10-17(16)23-2)11-20-12-15(18(21)22)19(13-20)6-8-24-9-7-19/h4-5,10,15H,3,6-9,11-13H2,1-2H3,(H,21,22). The molecule has 2 heterocycles. The van der Waals surface area contributed by atoms with Crippen molar-refractivity contribution in [3.63, 3.8) is 0 Å². The van der Waals surface area contributed by atoms with Crippen molar-refractivity contribution in [3.8, 4) is 11.5 Å². The highest BCUT2D eigenvalue weighted by molar-refractivity contribution is 5.72. The van der Waals surface area contributed by atoms with Gasteiger partial charge in [-0.3, -0.25) is 9.69 Å². The Morgan fingerprint density at radius 1 is 1.36 bits per heavy atom. The van der Waals surface area contributed by atoms with Crippen molar-refractivity contribution < 1.29 is 24.1 Å². The molecule has 1 N–H and O–H groups in total. The first-order valence-corrected chi connectivity index (χ1v) is 8.90. The Labute approximate surface area is 148 Å². The van der Waals surface area contributed by atoms with Crippen LogP contribution in [-0.4, -0.2) is 56.0 Å². The molecule has 25 heavy (non-hydrogen) atoms. The van der Waals surface area contributed by atoms with Gasteiger partial charge in [0.2, 0.25) is 0 Å². The van der Waals surface area contributed by atoms with Gasteiger partial charge in [0.05, 0.1) is 19.6 Å². The van der Waals surface area contributed by atoms with Crippen LogP contribution in [0.25, 0.3) is 0 Å². The Morgan fingerprint density at radius 3 is 2.76 bits per heavy atom. The molecule has 0 amide bonds. The molecule has 6 nitrogen and oxygen atoms in total. The number of methoxy groups -OCH3 is 1. The Hall–Kier alpha value is -1.79. The average molecular weight is 349 g/mol. The highest BCUT2D eigenvalue weighted by atomic mass is 16.5. The van der Waals surface area contributed by atoms with E-state index in [1.54, 1.807) is 7.11 Å². The molecule has 0 aromatic heterocycles. The molecular formula is C19H27NO5. The lowest BCUT2D eigenvalue weighted by Crippen LogP contribution is -2.40. The number of carboxylic acid groups (broad SMARTS) is 1. The number of ether oxygens (including phenoxy) is 3. The summed E-state index contributed by atoms with van der Waals surface area (Å²) in [7, 11) is 1.63. The molecule has 2 aliphatic rings. The zero-order valence-electron chi connectivity index (χ0n) is 15.0. The summed E-state index contributed by atoms with van der Waals surface area (Å²) in [4.78, 5) is 14.0. The van der Waals surface area contributed by atoms with Crippen LogP contribution in [0.15, 0.2) is 18.2 Å². The normalized spacial score (nSPS) is 22.9. The molecule has 1 spiro atoms. The van der Waals surface area contributed by atoms with Gasteiger partial charge >= 0.3 is 5.97 Å². The number of carbonyl (C=O) groups is 1. The number of aliphatic carboxylic acids is 1. The maximum atomic E-state index is 11.8. The maximum Gasteiger partial charge on any atom is 0.308 e. The Kier molecular flexibility index (Phi) is 5.49. The molecule has 2 aliphatic heterocycles. The number of nitrogens with zero attached hydrogens (tertiary/aromatic N) is 1. The number of likely N-dealkylation sites (tertiary alicyclic amines) is 1. The van der Waals surface area contributed by atoms with Gasteiger partial charge in [-0.15, -0.1) is 0 Å². The van der Waals surface area contributed by atoms with Crippen LogP contribution < -0.4 is 9.47 Å². The molecule has 2 fully saturated rings. The van der Waals surface area contributed by atoms with Crippen LogP contribution in [0.4, 0.5) is 0 Å². The highest BCUT2D eigenvalue weighted by Crippen LogP contribution is 2.45. The zero-order chi connectivity index (χ0) is 17.9. The van der Waals surface area contributed by atoms with Gasteiger partial charge in [-0.1, -0.05) is 6.07 Å². The van der Waals surface area contributed by atoms with Crippen molar-refractivity contribution in [1.82, 2.24) is 4.90 Å². The van der Waals surface area contributed by atoms with E-state index in [0.717, 1.165) is 37.2 Å². The summed E-state index contributed by atoms with van der Waals surface area (Å²) in [5.74, 6) is 0.447. The SMILES string of the molecule is CCOc1ccc(CN2CC(C(=O)O)C3(CCOCC3)C2)cc1OC. The third-order valence-corrected chi connectivity index (χ3v) is 5.44. The summed E-state index contributed by atoms with van der Waals surface area (Å²) >= 11 is 0. The molecule has 1 aromatic carbocycles.